The summed E-state index contributed by atoms with van der Waals surface area (Å²) in [6.07, 6.45) is 1.96. The van der Waals surface area contributed by atoms with E-state index in [-0.39, 0.29) is 18.1 Å². The molecule has 0 radical (unpaired) electrons. The van der Waals surface area contributed by atoms with Crippen molar-refractivity contribution in [3.05, 3.63) is 29.8 Å². The molecule has 0 saturated carbocycles. The minimum absolute atomic E-state index is 0.0146. The number of aromatic carboxylic acids is 1. The van der Waals surface area contributed by atoms with Gasteiger partial charge in [-0.1, -0.05) is 13.3 Å². The van der Waals surface area contributed by atoms with Crippen LogP contribution in [0.2, 0.25) is 0 Å². The van der Waals surface area contributed by atoms with Crippen LogP contribution >= 0.6 is 0 Å². The molecule has 5 nitrogen and oxygen atoms in total. The van der Waals surface area contributed by atoms with E-state index in [1.165, 1.54) is 12.1 Å². The van der Waals surface area contributed by atoms with Crippen LogP contribution in [0.25, 0.3) is 0 Å². The minimum atomic E-state index is -0.990. The predicted octanol–water partition coefficient (Wildman–Crippen LogP) is 2.14. The molecule has 0 aliphatic carbocycles. The molecule has 0 aliphatic rings. The van der Waals surface area contributed by atoms with Gasteiger partial charge in [0.2, 0.25) is 5.91 Å². The van der Waals surface area contributed by atoms with E-state index >= 15 is 0 Å². The average Bonchev–Trinajstić information content (AvgIpc) is 2.35. The second-order valence-corrected chi connectivity index (χ2v) is 3.84. The first kappa shape index (κ1) is 14.2. The van der Waals surface area contributed by atoms with Gasteiger partial charge in [0, 0.05) is 12.3 Å². The zero-order valence-electron chi connectivity index (χ0n) is 10.3. The van der Waals surface area contributed by atoms with Crippen molar-refractivity contribution in [1.29, 1.82) is 0 Å². The van der Waals surface area contributed by atoms with Crippen molar-refractivity contribution < 1.29 is 19.4 Å². The van der Waals surface area contributed by atoms with Gasteiger partial charge in [-0.05, 0) is 30.7 Å². The Labute approximate surface area is 106 Å². The van der Waals surface area contributed by atoms with E-state index in [0.717, 1.165) is 12.8 Å². The molecule has 0 aromatic heterocycles. The van der Waals surface area contributed by atoms with Crippen LogP contribution in [0.15, 0.2) is 24.3 Å². The zero-order chi connectivity index (χ0) is 13.4. The Morgan fingerprint density at radius 3 is 2.50 bits per heavy atom. The first-order valence-electron chi connectivity index (χ1n) is 5.84. The van der Waals surface area contributed by atoms with Crippen molar-refractivity contribution in [2.45, 2.75) is 19.8 Å². The van der Waals surface area contributed by atoms with Gasteiger partial charge in [-0.2, -0.15) is 0 Å². The highest BCUT2D eigenvalue weighted by atomic mass is 16.5. The fraction of sp³-hybridized carbons (Fsp3) is 0.385. The lowest BCUT2D eigenvalue weighted by molar-refractivity contribution is -0.120. The highest BCUT2D eigenvalue weighted by molar-refractivity contribution is 5.93. The third-order valence-corrected chi connectivity index (χ3v) is 2.29. The maximum Gasteiger partial charge on any atom is 0.335 e. The first-order valence-corrected chi connectivity index (χ1v) is 5.84. The van der Waals surface area contributed by atoms with E-state index < -0.39 is 5.97 Å². The molecule has 18 heavy (non-hydrogen) atoms. The topological polar surface area (TPSA) is 75.6 Å². The standard InChI is InChI=1S/C13H17NO4/c1-2-3-8-18-9-12(15)14-11-6-4-10(5-7-11)13(16)17/h4-7H,2-3,8-9H2,1H3,(H,14,15)(H,16,17). The molecular weight excluding hydrogens is 234 g/mol. The van der Waals surface area contributed by atoms with E-state index in [1.807, 2.05) is 6.92 Å². The molecule has 0 unspecified atom stereocenters. The van der Waals surface area contributed by atoms with Crippen molar-refractivity contribution in [3.8, 4) is 0 Å². The minimum Gasteiger partial charge on any atom is -0.478 e. The second-order valence-electron chi connectivity index (χ2n) is 3.84. The smallest absolute Gasteiger partial charge is 0.335 e. The van der Waals surface area contributed by atoms with Gasteiger partial charge in [-0.3, -0.25) is 4.79 Å². The molecule has 1 rings (SSSR count). The molecule has 0 atom stereocenters. The summed E-state index contributed by atoms with van der Waals surface area (Å²) in [6, 6.07) is 5.98. The fourth-order valence-corrected chi connectivity index (χ4v) is 1.30. The molecular formula is C13H17NO4. The van der Waals surface area contributed by atoms with Crippen LogP contribution in [-0.2, 0) is 9.53 Å². The maximum atomic E-state index is 11.4. The number of carboxylic acid groups (broad SMARTS) is 1. The van der Waals surface area contributed by atoms with Crippen LogP contribution in [0.4, 0.5) is 5.69 Å². The summed E-state index contributed by atoms with van der Waals surface area (Å²) in [7, 11) is 0. The van der Waals surface area contributed by atoms with E-state index in [9.17, 15) is 9.59 Å². The average molecular weight is 251 g/mol. The molecule has 0 saturated heterocycles. The Kier molecular flexibility index (Phi) is 5.87. The van der Waals surface area contributed by atoms with E-state index in [2.05, 4.69) is 5.32 Å². The summed E-state index contributed by atoms with van der Waals surface area (Å²) in [5, 5.41) is 11.3. The number of hydrogen-bond donors (Lipinski definition) is 2. The number of ether oxygens (including phenoxy) is 1. The van der Waals surface area contributed by atoms with Gasteiger partial charge in [0.15, 0.2) is 0 Å². The Balaban J connectivity index is 2.37. The van der Waals surface area contributed by atoms with Gasteiger partial charge >= 0.3 is 5.97 Å². The summed E-state index contributed by atoms with van der Waals surface area (Å²) in [5.74, 6) is -1.23. The van der Waals surface area contributed by atoms with Crippen LogP contribution in [0.3, 0.4) is 0 Å². The van der Waals surface area contributed by atoms with Crippen LogP contribution in [0, 0.1) is 0 Å². The van der Waals surface area contributed by atoms with Gasteiger partial charge in [-0.15, -0.1) is 0 Å². The number of amides is 1. The van der Waals surface area contributed by atoms with Crippen molar-refractivity contribution in [2.24, 2.45) is 0 Å². The third kappa shape index (κ3) is 4.97. The van der Waals surface area contributed by atoms with Gasteiger partial charge in [0.25, 0.3) is 0 Å². The molecule has 0 heterocycles. The van der Waals surface area contributed by atoms with Gasteiger partial charge in [0.05, 0.1) is 5.56 Å². The largest absolute Gasteiger partial charge is 0.478 e. The van der Waals surface area contributed by atoms with E-state index in [4.69, 9.17) is 9.84 Å². The number of carbonyl (C=O) groups excluding carboxylic acids is 1. The van der Waals surface area contributed by atoms with Gasteiger partial charge in [-0.25, -0.2) is 4.79 Å². The zero-order valence-corrected chi connectivity index (χ0v) is 10.3. The number of carbonyl (C=O) groups is 2. The maximum absolute atomic E-state index is 11.4. The summed E-state index contributed by atoms with van der Waals surface area (Å²) < 4.78 is 5.16. The van der Waals surface area contributed by atoms with Crippen molar-refractivity contribution >= 4 is 17.6 Å². The molecule has 0 aliphatic heterocycles. The summed E-state index contributed by atoms with van der Waals surface area (Å²) in [6.45, 7) is 2.63. The summed E-state index contributed by atoms with van der Waals surface area (Å²) in [4.78, 5) is 22.1. The molecule has 5 heteroatoms. The lowest BCUT2D eigenvalue weighted by atomic mass is 10.2. The summed E-state index contributed by atoms with van der Waals surface area (Å²) in [5.41, 5.74) is 0.747. The first-order chi connectivity index (χ1) is 8.63. The lowest BCUT2D eigenvalue weighted by Crippen LogP contribution is -2.18. The van der Waals surface area contributed by atoms with Crippen molar-refractivity contribution in [2.75, 3.05) is 18.5 Å². The molecule has 0 bridgehead atoms. The second kappa shape index (κ2) is 7.45. The van der Waals surface area contributed by atoms with Crippen molar-refractivity contribution in [3.63, 3.8) is 0 Å². The number of nitrogens with one attached hydrogen (secondary N) is 1. The highest BCUT2D eigenvalue weighted by Gasteiger charge is 2.04. The predicted molar refractivity (Wildman–Crippen MR) is 67.8 cm³/mol. The number of anilines is 1. The van der Waals surface area contributed by atoms with Gasteiger partial charge < -0.3 is 15.2 Å². The van der Waals surface area contributed by atoms with Crippen LogP contribution < -0.4 is 5.32 Å². The number of unbranched alkanes of at least 4 members (excludes halogenated alkanes) is 1. The Morgan fingerprint density at radius 2 is 1.94 bits per heavy atom. The Morgan fingerprint density at radius 1 is 1.28 bits per heavy atom. The molecule has 0 fully saturated rings. The number of carboxylic acids is 1. The Hall–Kier alpha value is -1.88. The number of benzene rings is 1. The van der Waals surface area contributed by atoms with Crippen LogP contribution in [0.5, 0.6) is 0 Å². The third-order valence-electron chi connectivity index (χ3n) is 2.29. The van der Waals surface area contributed by atoms with E-state index in [1.54, 1.807) is 12.1 Å². The molecule has 1 aromatic rings. The Bertz CT molecular complexity index is 400. The molecule has 0 spiro atoms. The normalized spacial score (nSPS) is 10.1. The molecule has 1 aromatic carbocycles. The van der Waals surface area contributed by atoms with Crippen LogP contribution in [0.1, 0.15) is 30.1 Å². The monoisotopic (exact) mass is 251 g/mol. The molecule has 98 valence electrons. The van der Waals surface area contributed by atoms with Crippen LogP contribution in [-0.4, -0.2) is 30.2 Å². The van der Waals surface area contributed by atoms with Crippen molar-refractivity contribution in [1.82, 2.24) is 0 Å². The highest BCUT2D eigenvalue weighted by Crippen LogP contribution is 2.09. The summed E-state index contributed by atoms with van der Waals surface area (Å²) >= 11 is 0. The van der Waals surface area contributed by atoms with E-state index in [0.29, 0.717) is 12.3 Å². The SMILES string of the molecule is CCCCOCC(=O)Nc1ccc(C(=O)O)cc1. The fourth-order valence-electron chi connectivity index (χ4n) is 1.30. The lowest BCUT2D eigenvalue weighted by Gasteiger charge is -2.06. The molecule has 2 N–H and O–H groups in total. The quantitative estimate of drug-likeness (QED) is 0.728. The number of rotatable bonds is 7. The molecule has 1 amide bonds. The van der Waals surface area contributed by atoms with Gasteiger partial charge in [0.1, 0.15) is 6.61 Å². The number of hydrogen-bond acceptors (Lipinski definition) is 3.